The third-order valence-electron chi connectivity index (χ3n) is 2.78. The first-order valence-electron chi connectivity index (χ1n) is 6.34. The number of hydrogen-bond donors (Lipinski definition) is 1. The number of ether oxygens (including phenoxy) is 3. The van der Waals surface area contributed by atoms with E-state index in [0.29, 0.717) is 0 Å². The Morgan fingerprint density at radius 2 is 1.80 bits per heavy atom. The lowest BCUT2D eigenvalue weighted by molar-refractivity contribution is -0.229. The van der Waals surface area contributed by atoms with Crippen LogP contribution in [0.4, 0.5) is 0 Å². The smallest absolute Gasteiger partial charge is 0.306 e. The van der Waals surface area contributed by atoms with Gasteiger partial charge in [-0.05, 0) is 0 Å². The Morgan fingerprint density at radius 1 is 1.15 bits per heavy atom. The van der Waals surface area contributed by atoms with Crippen LogP contribution in [0.3, 0.4) is 0 Å². The van der Waals surface area contributed by atoms with E-state index in [1.165, 1.54) is 0 Å². The Bertz CT molecular complexity index is 450. The number of carboxylic acid groups (broad SMARTS) is 1. The normalized spacial score (nSPS) is 22.2. The lowest BCUT2D eigenvalue weighted by atomic mass is 10.2. The van der Waals surface area contributed by atoms with Gasteiger partial charge in [-0.25, -0.2) is 0 Å². The van der Waals surface area contributed by atoms with Crippen molar-refractivity contribution in [2.24, 2.45) is 0 Å². The predicted octanol–water partition coefficient (Wildman–Crippen LogP) is 1.51. The van der Waals surface area contributed by atoms with E-state index in [-0.39, 0.29) is 26.1 Å². The Kier molecular flexibility index (Phi) is 5.09. The predicted molar refractivity (Wildman–Crippen MR) is 67.8 cm³/mol. The lowest BCUT2D eigenvalue weighted by Crippen LogP contribution is -2.35. The molecule has 1 aliphatic heterocycles. The highest BCUT2D eigenvalue weighted by molar-refractivity contribution is 5.76. The van der Waals surface area contributed by atoms with Crippen LogP contribution in [0.25, 0.3) is 0 Å². The van der Waals surface area contributed by atoms with Crippen LogP contribution in [0.1, 0.15) is 24.7 Å². The van der Waals surface area contributed by atoms with E-state index < -0.39 is 24.3 Å². The Hall–Kier alpha value is -1.92. The van der Waals surface area contributed by atoms with Crippen molar-refractivity contribution in [1.29, 1.82) is 0 Å². The van der Waals surface area contributed by atoms with Crippen molar-refractivity contribution in [3.63, 3.8) is 0 Å². The van der Waals surface area contributed by atoms with Gasteiger partial charge in [-0.1, -0.05) is 30.3 Å². The van der Waals surface area contributed by atoms with Crippen molar-refractivity contribution >= 4 is 11.9 Å². The molecule has 6 heteroatoms. The van der Waals surface area contributed by atoms with Crippen LogP contribution in [0.15, 0.2) is 30.3 Å². The van der Waals surface area contributed by atoms with Gasteiger partial charge in [0.25, 0.3) is 0 Å². The largest absolute Gasteiger partial charge is 0.481 e. The monoisotopic (exact) mass is 280 g/mol. The number of carbonyl (C=O) groups excluding carboxylic acids is 1. The maximum atomic E-state index is 11.4. The SMILES string of the molecule is O=C(O)CCC(=O)O[C@H]1CO[C@@H](c2ccccc2)OC1. The molecule has 1 heterocycles. The third kappa shape index (κ3) is 4.32. The van der Waals surface area contributed by atoms with Crippen LogP contribution in [-0.4, -0.2) is 36.4 Å². The van der Waals surface area contributed by atoms with Crippen LogP contribution in [-0.2, 0) is 23.8 Å². The summed E-state index contributed by atoms with van der Waals surface area (Å²) in [5.41, 5.74) is 0.906. The topological polar surface area (TPSA) is 82.1 Å². The van der Waals surface area contributed by atoms with Crippen LogP contribution < -0.4 is 0 Å². The highest BCUT2D eigenvalue weighted by Crippen LogP contribution is 2.23. The number of carbonyl (C=O) groups is 2. The summed E-state index contributed by atoms with van der Waals surface area (Å²) in [6.45, 7) is 0.469. The highest BCUT2D eigenvalue weighted by Gasteiger charge is 2.26. The fraction of sp³-hybridized carbons (Fsp3) is 0.429. The van der Waals surface area contributed by atoms with E-state index in [0.717, 1.165) is 5.56 Å². The lowest BCUT2D eigenvalue weighted by Gasteiger charge is -2.29. The van der Waals surface area contributed by atoms with E-state index in [1.54, 1.807) is 0 Å². The van der Waals surface area contributed by atoms with Gasteiger partial charge >= 0.3 is 11.9 Å². The standard InChI is InChI=1S/C14H16O6/c15-12(16)6-7-13(17)20-11-8-18-14(19-9-11)10-4-2-1-3-5-10/h1-5,11,14H,6-9H2,(H,15,16)/t11-,14+. The molecule has 1 aromatic rings. The fourth-order valence-corrected chi connectivity index (χ4v) is 1.81. The number of esters is 1. The molecular formula is C14H16O6. The molecule has 0 amide bonds. The van der Waals surface area contributed by atoms with E-state index >= 15 is 0 Å². The van der Waals surface area contributed by atoms with Gasteiger partial charge in [0.1, 0.15) is 6.10 Å². The van der Waals surface area contributed by atoms with E-state index in [4.69, 9.17) is 19.3 Å². The van der Waals surface area contributed by atoms with Gasteiger partial charge in [-0.3, -0.25) is 9.59 Å². The van der Waals surface area contributed by atoms with Crippen molar-refractivity contribution in [1.82, 2.24) is 0 Å². The zero-order valence-corrected chi connectivity index (χ0v) is 10.9. The number of hydrogen-bond acceptors (Lipinski definition) is 5. The van der Waals surface area contributed by atoms with Gasteiger partial charge in [-0.2, -0.15) is 0 Å². The second kappa shape index (κ2) is 7.02. The summed E-state index contributed by atoms with van der Waals surface area (Å²) in [5.74, 6) is -1.58. The van der Waals surface area contributed by atoms with Gasteiger partial charge in [0.2, 0.25) is 0 Å². The van der Waals surface area contributed by atoms with Crippen molar-refractivity contribution in [3.8, 4) is 0 Å². The zero-order chi connectivity index (χ0) is 14.4. The second-order valence-electron chi connectivity index (χ2n) is 4.41. The zero-order valence-electron chi connectivity index (χ0n) is 10.9. The third-order valence-corrected chi connectivity index (χ3v) is 2.78. The summed E-state index contributed by atoms with van der Waals surface area (Å²) >= 11 is 0. The van der Waals surface area contributed by atoms with Crippen LogP contribution in [0.2, 0.25) is 0 Å². The Balaban J connectivity index is 1.74. The van der Waals surface area contributed by atoms with Gasteiger partial charge in [0.15, 0.2) is 6.29 Å². The van der Waals surface area contributed by atoms with Gasteiger partial charge in [0.05, 0.1) is 26.1 Å². The van der Waals surface area contributed by atoms with Crippen molar-refractivity contribution < 1.29 is 28.9 Å². The molecule has 1 N–H and O–H groups in total. The molecular weight excluding hydrogens is 264 g/mol. The molecule has 2 rings (SSSR count). The molecule has 108 valence electrons. The molecule has 0 aromatic heterocycles. The number of benzene rings is 1. The molecule has 0 unspecified atom stereocenters. The van der Waals surface area contributed by atoms with E-state index in [1.807, 2.05) is 30.3 Å². The molecule has 0 aliphatic carbocycles. The van der Waals surface area contributed by atoms with Gasteiger partial charge in [-0.15, -0.1) is 0 Å². The summed E-state index contributed by atoms with van der Waals surface area (Å²) in [6, 6.07) is 9.47. The van der Waals surface area contributed by atoms with Crippen molar-refractivity contribution in [2.45, 2.75) is 25.2 Å². The van der Waals surface area contributed by atoms with E-state index in [9.17, 15) is 9.59 Å². The summed E-state index contributed by atoms with van der Waals surface area (Å²) in [4.78, 5) is 21.7. The second-order valence-corrected chi connectivity index (χ2v) is 4.41. The maximum Gasteiger partial charge on any atom is 0.306 e. The molecule has 0 atom stereocenters. The minimum Gasteiger partial charge on any atom is -0.481 e. The summed E-state index contributed by atoms with van der Waals surface area (Å²) in [7, 11) is 0. The number of rotatable bonds is 5. The molecule has 20 heavy (non-hydrogen) atoms. The maximum absolute atomic E-state index is 11.4. The first kappa shape index (κ1) is 14.5. The number of aliphatic carboxylic acids is 1. The average molecular weight is 280 g/mol. The molecule has 0 bridgehead atoms. The Morgan fingerprint density at radius 3 is 2.40 bits per heavy atom. The van der Waals surface area contributed by atoms with Crippen LogP contribution in [0, 0.1) is 0 Å². The molecule has 1 saturated heterocycles. The highest BCUT2D eigenvalue weighted by atomic mass is 16.7. The fourth-order valence-electron chi connectivity index (χ4n) is 1.81. The molecule has 1 aromatic carbocycles. The van der Waals surface area contributed by atoms with Crippen molar-refractivity contribution in [2.75, 3.05) is 13.2 Å². The summed E-state index contributed by atoms with van der Waals surface area (Å²) < 4.78 is 16.0. The molecule has 0 spiro atoms. The molecule has 1 fully saturated rings. The quantitative estimate of drug-likeness (QED) is 0.823. The average Bonchev–Trinajstić information content (AvgIpc) is 2.47. The minimum absolute atomic E-state index is 0.145. The Labute approximate surface area is 116 Å². The van der Waals surface area contributed by atoms with Crippen molar-refractivity contribution in [3.05, 3.63) is 35.9 Å². The minimum atomic E-state index is -1.03. The first-order chi connectivity index (χ1) is 9.65. The summed E-state index contributed by atoms with van der Waals surface area (Å²) in [5, 5.41) is 8.47. The number of carboxylic acids is 1. The molecule has 0 saturated carbocycles. The van der Waals surface area contributed by atoms with Gasteiger partial charge in [0, 0.05) is 5.56 Å². The first-order valence-corrected chi connectivity index (χ1v) is 6.34. The summed E-state index contributed by atoms with van der Waals surface area (Å²) in [6.07, 6.45) is -1.32. The molecule has 6 nitrogen and oxygen atoms in total. The van der Waals surface area contributed by atoms with Crippen LogP contribution in [0.5, 0.6) is 0 Å². The van der Waals surface area contributed by atoms with Crippen LogP contribution >= 0.6 is 0 Å². The van der Waals surface area contributed by atoms with Gasteiger partial charge < -0.3 is 19.3 Å². The molecule has 1 aliphatic rings. The van der Waals surface area contributed by atoms with E-state index in [2.05, 4.69) is 0 Å². The molecule has 0 radical (unpaired) electrons.